The molecular weight excluding hydrogens is 574 g/mol. The third kappa shape index (κ3) is 16.4. The number of carbonyl (C=O) groups is 5. The van der Waals surface area contributed by atoms with E-state index in [1.807, 2.05) is 0 Å². The van der Waals surface area contributed by atoms with Crippen molar-refractivity contribution in [2.45, 2.75) is 32.2 Å². The van der Waals surface area contributed by atoms with Crippen molar-refractivity contribution in [3.63, 3.8) is 0 Å². The number of thiocarbonyl (C=S) groups is 1. The number of carboxylic acids is 5. The Labute approximate surface area is 248 Å². The monoisotopic (exact) mass is 613 g/mol. The SMILES string of the molecule is CCCCNC(=S)Nc1ccc(CC(CN(CCN(CC(=O)O)CC(=O)O)CC(=O)O)N(CC(=O)O)CC(=O)O)cc1. The van der Waals surface area contributed by atoms with Gasteiger partial charge in [0.1, 0.15) is 0 Å². The molecule has 7 N–H and O–H groups in total. The van der Waals surface area contributed by atoms with Crippen molar-refractivity contribution in [2.24, 2.45) is 0 Å². The lowest BCUT2D eigenvalue weighted by Gasteiger charge is -2.34. The van der Waals surface area contributed by atoms with E-state index in [-0.39, 0.29) is 26.1 Å². The lowest BCUT2D eigenvalue weighted by Crippen LogP contribution is -2.51. The average Bonchev–Trinajstić information content (AvgIpc) is 2.86. The second kappa shape index (κ2) is 19.3. The second-order valence-corrected chi connectivity index (χ2v) is 10.0. The molecule has 1 rings (SSSR count). The fourth-order valence-corrected chi connectivity index (χ4v) is 4.34. The Balaban J connectivity index is 3.18. The van der Waals surface area contributed by atoms with Gasteiger partial charge in [-0.1, -0.05) is 25.5 Å². The number of nitrogens with zero attached hydrogens (tertiary/aromatic N) is 3. The Bertz CT molecular complexity index is 1040. The first-order chi connectivity index (χ1) is 19.8. The Morgan fingerprint density at radius 3 is 1.71 bits per heavy atom. The lowest BCUT2D eigenvalue weighted by molar-refractivity contribution is -0.144. The van der Waals surface area contributed by atoms with Gasteiger partial charge in [0.05, 0.1) is 32.7 Å². The topological polar surface area (TPSA) is 220 Å². The molecule has 0 spiro atoms. The molecule has 16 heteroatoms. The molecule has 0 aromatic heterocycles. The maximum atomic E-state index is 11.6. The van der Waals surface area contributed by atoms with E-state index in [2.05, 4.69) is 17.6 Å². The number of carboxylic acid groups (broad SMARTS) is 5. The normalized spacial score (nSPS) is 11.8. The van der Waals surface area contributed by atoms with Crippen LogP contribution in [0.5, 0.6) is 0 Å². The molecule has 42 heavy (non-hydrogen) atoms. The van der Waals surface area contributed by atoms with Crippen LogP contribution in [-0.4, -0.2) is 140 Å². The fourth-order valence-electron chi connectivity index (χ4n) is 4.12. The number of anilines is 1. The molecule has 0 aliphatic carbocycles. The summed E-state index contributed by atoms with van der Waals surface area (Å²) in [6.07, 6.45) is 2.13. The zero-order valence-electron chi connectivity index (χ0n) is 23.4. The van der Waals surface area contributed by atoms with Crippen LogP contribution in [0.3, 0.4) is 0 Å². The van der Waals surface area contributed by atoms with E-state index < -0.39 is 68.6 Å². The summed E-state index contributed by atoms with van der Waals surface area (Å²) in [6, 6.07) is 6.24. The number of nitrogens with one attached hydrogen (secondary N) is 2. The highest BCUT2D eigenvalue weighted by molar-refractivity contribution is 7.80. The molecule has 0 amide bonds. The Kier molecular flexibility index (Phi) is 16.6. The van der Waals surface area contributed by atoms with Crippen LogP contribution in [-0.2, 0) is 30.4 Å². The van der Waals surface area contributed by atoms with Gasteiger partial charge >= 0.3 is 29.8 Å². The van der Waals surface area contributed by atoms with Crippen molar-refractivity contribution in [1.29, 1.82) is 0 Å². The first kappa shape index (κ1) is 36.2. The largest absolute Gasteiger partial charge is 0.480 e. The molecule has 1 unspecified atom stereocenters. The van der Waals surface area contributed by atoms with Crippen LogP contribution >= 0.6 is 12.2 Å². The van der Waals surface area contributed by atoms with Crippen LogP contribution < -0.4 is 10.6 Å². The molecule has 0 saturated carbocycles. The average molecular weight is 614 g/mol. The highest BCUT2D eigenvalue weighted by atomic mass is 32.1. The van der Waals surface area contributed by atoms with Gasteiger partial charge in [0.15, 0.2) is 5.11 Å². The summed E-state index contributed by atoms with van der Waals surface area (Å²) in [5, 5.41) is 53.2. The molecule has 15 nitrogen and oxygen atoms in total. The summed E-state index contributed by atoms with van der Waals surface area (Å²) in [4.78, 5) is 60.8. The summed E-state index contributed by atoms with van der Waals surface area (Å²) >= 11 is 5.28. The first-order valence-corrected chi connectivity index (χ1v) is 13.6. The quantitative estimate of drug-likeness (QED) is 0.0676. The molecule has 0 aliphatic rings. The van der Waals surface area contributed by atoms with E-state index in [1.165, 1.54) is 9.80 Å². The zero-order valence-corrected chi connectivity index (χ0v) is 24.2. The summed E-state index contributed by atoms with van der Waals surface area (Å²) in [5.41, 5.74) is 1.41. The summed E-state index contributed by atoms with van der Waals surface area (Å²) in [6.45, 7) is -0.424. The van der Waals surface area contributed by atoms with Crippen molar-refractivity contribution >= 4 is 52.9 Å². The molecule has 0 heterocycles. The number of unbranched alkanes of at least 4 members (excludes halogenated alkanes) is 1. The predicted molar refractivity (Wildman–Crippen MR) is 156 cm³/mol. The second-order valence-electron chi connectivity index (χ2n) is 9.61. The highest BCUT2D eigenvalue weighted by Crippen LogP contribution is 2.15. The van der Waals surface area contributed by atoms with Crippen LogP contribution in [0.1, 0.15) is 25.3 Å². The maximum absolute atomic E-state index is 11.6. The van der Waals surface area contributed by atoms with E-state index in [9.17, 15) is 39.3 Å². The minimum absolute atomic E-state index is 0.0668. The molecule has 0 radical (unpaired) electrons. The van der Waals surface area contributed by atoms with Gasteiger partial charge in [0, 0.05) is 37.9 Å². The van der Waals surface area contributed by atoms with Crippen molar-refractivity contribution < 1.29 is 49.5 Å². The number of hydrogen-bond acceptors (Lipinski definition) is 9. The summed E-state index contributed by atoms with van der Waals surface area (Å²) in [7, 11) is 0. The number of rotatable bonds is 22. The van der Waals surface area contributed by atoms with Crippen LogP contribution in [0.2, 0.25) is 0 Å². The first-order valence-electron chi connectivity index (χ1n) is 13.2. The van der Waals surface area contributed by atoms with Gasteiger partial charge in [-0.25, -0.2) is 0 Å². The number of benzene rings is 1. The Morgan fingerprint density at radius 2 is 1.24 bits per heavy atom. The third-order valence-electron chi connectivity index (χ3n) is 5.97. The molecule has 1 atom stereocenters. The van der Waals surface area contributed by atoms with Gasteiger partial charge in [0.2, 0.25) is 0 Å². The molecule has 234 valence electrons. The molecule has 0 bridgehead atoms. The minimum atomic E-state index is -1.27. The summed E-state index contributed by atoms with van der Waals surface area (Å²) in [5.74, 6) is -6.29. The van der Waals surface area contributed by atoms with Crippen molar-refractivity contribution in [1.82, 2.24) is 20.0 Å². The Hall–Kier alpha value is -3.86. The van der Waals surface area contributed by atoms with Crippen LogP contribution in [0.25, 0.3) is 0 Å². The zero-order chi connectivity index (χ0) is 31.7. The van der Waals surface area contributed by atoms with Gasteiger partial charge in [-0.05, 0) is 42.8 Å². The van der Waals surface area contributed by atoms with Crippen LogP contribution in [0.4, 0.5) is 5.69 Å². The van der Waals surface area contributed by atoms with Crippen molar-refractivity contribution in [3.8, 4) is 0 Å². The highest BCUT2D eigenvalue weighted by Gasteiger charge is 2.27. The number of hydrogen-bond donors (Lipinski definition) is 7. The fraction of sp³-hybridized carbons (Fsp3) is 0.538. The molecule has 0 fully saturated rings. The van der Waals surface area contributed by atoms with E-state index in [0.717, 1.165) is 24.3 Å². The van der Waals surface area contributed by atoms with Gasteiger partial charge in [-0.15, -0.1) is 0 Å². The van der Waals surface area contributed by atoms with Crippen LogP contribution in [0.15, 0.2) is 24.3 Å². The van der Waals surface area contributed by atoms with E-state index in [4.69, 9.17) is 22.4 Å². The van der Waals surface area contributed by atoms with Crippen molar-refractivity contribution in [3.05, 3.63) is 29.8 Å². The minimum Gasteiger partial charge on any atom is -0.480 e. The van der Waals surface area contributed by atoms with Crippen molar-refractivity contribution in [2.75, 3.05) is 64.2 Å². The maximum Gasteiger partial charge on any atom is 0.317 e. The molecule has 1 aromatic carbocycles. The Morgan fingerprint density at radius 1 is 0.762 bits per heavy atom. The molecule has 0 saturated heterocycles. The number of aliphatic carboxylic acids is 5. The van der Waals surface area contributed by atoms with Gasteiger partial charge in [-0.2, -0.15) is 0 Å². The van der Waals surface area contributed by atoms with Gasteiger partial charge in [0.25, 0.3) is 0 Å². The standard InChI is InChI=1S/C26H39N5O10S/c1-2-3-8-27-26(42)28-19-6-4-18(5-7-19)11-20(31(16-24(38)39)17-25(40)41)12-29(13-21(32)33)9-10-30(14-22(34)35)15-23(36)37/h4-7,20H,2-3,8-17H2,1H3,(H,32,33)(H,34,35)(H,36,37)(H,38,39)(H,40,41)(H2,27,28,42). The van der Waals surface area contributed by atoms with Gasteiger partial charge < -0.3 is 36.2 Å². The molecular formula is C26H39N5O10S. The molecule has 0 aliphatic heterocycles. The van der Waals surface area contributed by atoms with E-state index >= 15 is 0 Å². The molecule has 1 aromatic rings. The predicted octanol–water partition coefficient (Wildman–Crippen LogP) is 0.0132. The smallest absolute Gasteiger partial charge is 0.317 e. The van der Waals surface area contributed by atoms with E-state index in [1.54, 1.807) is 24.3 Å². The lowest BCUT2D eigenvalue weighted by atomic mass is 10.0. The third-order valence-corrected chi connectivity index (χ3v) is 6.22. The van der Waals surface area contributed by atoms with E-state index in [0.29, 0.717) is 16.4 Å². The van der Waals surface area contributed by atoms with Gasteiger partial charge in [-0.3, -0.25) is 38.7 Å². The van der Waals surface area contributed by atoms with Crippen LogP contribution in [0, 0.1) is 0 Å². The summed E-state index contributed by atoms with van der Waals surface area (Å²) < 4.78 is 0.